The molecule has 1 saturated heterocycles. The number of halogens is 1. The first-order chi connectivity index (χ1) is 7.65. The van der Waals surface area contributed by atoms with Crippen molar-refractivity contribution in [1.82, 2.24) is 9.78 Å². The lowest BCUT2D eigenvalue weighted by Gasteiger charge is -2.23. The van der Waals surface area contributed by atoms with Crippen molar-refractivity contribution in [3.8, 4) is 0 Å². The van der Waals surface area contributed by atoms with Gasteiger partial charge in [0.25, 0.3) is 0 Å². The normalized spacial score (nSPS) is 27.2. The predicted octanol–water partition coefficient (Wildman–Crippen LogP) is 1.98. The second-order valence-corrected chi connectivity index (χ2v) is 4.65. The van der Waals surface area contributed by atoms with Gasteiger partial charge in [0.2, 0.25) is 0 Å². The third-order valence-electron chi connectivity index (χ3n) is 3.34. The van der Waals surface area contributed by atoms with Crippen LogP contribution in [0.25, 0.3) is 0 Å². The molecule has 2 heterocycles. The number of aromatic nitrogens is 2. The maximum absolute atomic E-state index is 6.29. The highest BCUT2D eigenvalue weighted by molar-refractivity contribution is 6.31. The standard InChI is InChI=1S/C11H18ClN3O/c1-3-15-11(9(12)6-14-15)10(13)8-4-5-16-7(8)2/h6-8,10H,3-5,13H2,1-2H3. The SMILES string of the molecule is CCn1ncc(Cl)c1C(N)C1CCOC1C. The zero-order valence-corrected chi connectivity index (χ0v) is 10.4. The molecule has 0 aromatic carbocycles. The second-order valence-electron chi connectivity index (χ2n) is 4.25. The fraction of sp³-hybridized carbons (Fsp3) is 0.727. The Hall–Kier alpha value is -0.580. The number of hydrogen-bond donors (Lipinski definition) is 1. The van der Waals surface area contributed by atoms with Crippen molar-refractivity contribution >= 4 is 11.6 Å². The smallest absolute Gasteiger partial charge is 0.0834 e. The molecule has 0 aliphatic carbocycles. The van der Waals surface area contributed by atoms with Crippen LogP contribution in [0.2, 0.25) is 5.02 Å². The molecule has 0 radical (unpaired) electrons. The van der Waals surface area contributed by atoms with Crippen LogP contribution in [0.1, 0.15) is 32.0 Å². The summed E-state index contributed by atoms with van der Waals surface area (Å²) in [5.74, 6) is 0.333. The molecule has 2 N–H and O–H groups in total. The van der Waals surface area contributed by atoms with Gasteiger partial charge in [0.1, 0.15) is 0 Å². The van der Waals surface area contributed by atoms with E-state index in [0.29, 0.717) is 10.9 Å². The Morgan fingerprint density at radius 1 is 1.75 bits per heavy atom. The quantitative estimate of drug-likeness (QED) is 0.883. The zero-order valence-electron chi connectivity index (χ0n) is 9.69. The molecule has 1 aliphatic heterocycles. The highest BCUT2D eigenvalue weighted by atomic mass is 35.5. The molecule has 3 atom stereocenters. The average Bonchev–Trinajstić information content (AvgIpc) is 2.83. The van der Waals surface area contributed by atoms with E-state index in [0.717, 1.165) is 25.3 Å². The van der Waals surface area contributed by atoms with Crippen LogP contribution in [-0.2, 0) is 11.3 Å². The Morgan fingerprint density at radius 3 is 3.06 bits per heavy atom. The van der Waals surface area contributed by atoms with E-state index < -0.39 is 0 Å². The first-order valence-corrected chi connectivity index (χ1v) is 6.11. The first-order valence-electron chi connectivity index (χ1n) is 5.73. The Kier molecular flexibility index (Phi) is 3.52. The molecule has 0 saturated carbocycles. The highest BCUT2D eigenvalue weighted by Gasteiger charge is 2.33. The van der Waals surface area contributed by atoms with Gasteiger partial charge in [-0.1, -0.05) is 11.6 Å². The lowest BCUT2D eigenvalue weighted by atomic mass is 9.92. The summed E-state index contributed by atoms with van der Waals surface area (Å²) in [6.07, 6.45) is 2.86. The van der Waals surface area contributed by atoms with Crippen molar-refractivity contribution in [1.29, 1.82) is 0 Å². The second kappa shape index (κ2) is 4.73. The summed E-state index contributed by atoms with van der Waals surface area (Å²) in [6, 6.07) is -0.0903. The van der Waals surface area contributed by atoms with Gasteiger partial charge in [-0.05, 0) is 20.3 Å². The van der Waals surface area contributed by atoms with Gasteiger partial charge in [0.05, 0.1) is 29.1 Å². The topological polar surface area (TPSA) is 53.1 Å². The van der Waals surface area contributed by atoms with Crippen molar-refractivity contribution in [2.45, 2.75) is 39.0 Å². The van der Waals surface area contributed by atoms with E-state index in [9.17, 15) is 0 Å². The van der Waals surface area contributed by atoms with E-state index in [1.54, 1.807) is 6.20 Å². The third kappa shape index (κ3) is 1.97. The molecule has 1 aliphatic rings. The van der Waals surface area contributed by atoms with Gasteiger partial charge in [-0.25, -0.2) is 0 Å². The van der Waals surface area contributed by atoms with Crippen LogP contribution in [0.4, 0.5) is 0 Å². The third-order valence-corrected chi connectivity index (χ3v) is 3.64. The number of aryl methyl sites for hydroxylation is 1. The minimum atomic E-state index is -0.0903. The number of rotatable bonds is 3. The molecule has 1 aromatic heterocycles. The molecule has 0 spiro atoms. The number of nitrogens with zero attached hydrogens (tertiary/aromatic N) is 2. The van der Waals surface area contributed by atoms with E-state index >= 15 is 0 Å². The zero-order chi connectivity index (χ0) is 11.7. The molecule has 0 amide bonds. The van der Waals surface area contributed by atoms with Crippen LogP contribution >= 0.6 is 11.6 Å². The fourth-order valence-electron chi connectivity index (χ4n) is 2.38. The highest BCUT2D eigenvalue weighted by Crippen LogP contribution is 2.34. The van der Waals surface area contributed by atoms with Gasteiger partial charge in [-0.15, -0.1) is 0 Å². The van der Waals surface area contributed by atoms with E-state index in [1.165, 1.54) is 0 Å². The van der Waals surface area contributed by atoms with E-state index in [1.807, 2.05) is 11.6 Å². The van der Waals surface area contributed by atoms with Crippen molar-refractivity contribution in [3.05, 3.63) is 16.9 Å². The molecule has 5 heteroatoms. The summed E-state index contributed by atoms with van der Waals surface area (Å²) in [4.78, 5) is 0. The van der Waals surface area contributed by atoms with Gasteiger partial charge >= 0.3 is 0 Å². The lowest BCUT2D eigenvalue weighted by Crippen LogP contribution is -2.29. The van der Waals surface area contributed by atoms with Crippen molar-refractivity contribution in [2.24, 2.45) is 11.7 Å². The van der Waals surface area contributed by atoms with E-state index in [2.05, 4.69) is 12.0 Å². The van der Waals surface area contributed by atoms with E-state index in [-0.39, 0.29) is 12.1 Å². The Bertz CT molecular complexity index is 366. The van der Waals surface area contributed by atoms with Gasteiger partial charge in [0, 0.05) is 19.1 Å². The molecular formula is C11H18ClN3O. The summed E-state index contributed by atoms with van der Waals surface area (Å²) in [5, 5.41) is 4.88. The molecular weight excluding hydrogens is 226 g/mol. The fourth-order valence-corrected chi connectivity index (χ4v) is 2.65. The Labute approximate surface area is 101 Å². The Morgan fingerprint density at radius 2 is 2.50 bits per heavy atom. The molecule has 0 bridgehead atoms. The minimum absolute atomic E-state index is 0.0903. The number of ether oxygens (including phenoxy) is 1. The summed E-state index contributed by atoms with van der Waals surface area (Å²) in [5.41, 5.74) is 7.22. The van der Waals surface area contributed by atoms with Crippen molar-refractivity contribution in [3.63, 3.8) is 0 Å². The molecule has 16 heavy (non-hydrogen) atoms. The summed E-state index contributed by atoms with van der Waals surface area (Å²) >= 11 is 6.14. The van der Waals surface area contributed by atoms with E-state index in [4.69, 9.17) is 22.1 Å². The maximum Gasteiger partial charge on any atom is 0.0834 e. The van der Waals surface area contributed by atoms with Crippen LogP contribution in [0.5, 0.6) is 0 Å². The number of hydrogen-bond acceptors (Lipinski definition) is 3. The molecule has 2 rings (SSSR count). The molecule has 1 fully saturated rings. The Balaban J connectivity index is 2.25. The first kappa shape index (κ1) is 11.9. The molecule has 4 nitrogen and oxygen atoms in total. The summed E-state index contributed by atoms with van der Waals surface area (Å²) in [7, 11) is 0. The largest absolute Gasteiger partial charge is 0.378 e. The summed E-state index contributed by atoms with van der Waals surface area (Å²) < 4.78 is 7.42. The van der Waals surface area contributed by atoms with Gasteiger partial charge in [0.15, 0.2) is 0 Å². The van der Waals surface area contributed by atoms with Gasteiger partial charge < -0.3 is 10.5 Å². The van der Waals surface area contributed by atoms with Crippen LogP contribution in [0.15, 0.2) is 6.20 Å². The summed E-state index contributed by atoms with van der Waals surface area (Å²) in [6.45, 7) is 5.68. The van der Waals surface area contributed by atoms with Crippen LogP contribution in [0, 0.1) is 5.92 Å². The maximum atomic E-state index is 6.29. The molecule has 3 unspecified atom stereocenters. The monoisotopic (exact) mass is 243 g/mol. The van der Waals surface area contributed by atoms with Crippen LogP contribution in [-0.4, -0.2) is 22.5 Å². The van der Waals surface area contributed by atoms with Crippen LogP contribution < -0.4 is 5.73 Å². The lowest BCUT2D eigenvalue weighted by molar-refractivity contribution is 0.0987. The van der Waals surface area contributed by atoms with Crippen molar-refractivity contribution < 1.29 is 4.74 Å². The van der Waals surface area contributed by atoms with Crippen molar-refractivity contribution in [2.75, 3.05) is 6.61 Å². The average molecular weight is 244 g/mol. The minimum Gasteiger partial charge on any atom is -0.378 e. The predicted molar refractivity (Wildman–Crippen MR) is 63.4 cm³/mol. The van der Waals surface area contributed by atoms with Gasteiger partial charge in [-0.2, -0.15) is 5.10 Å². The van der Waals surface area contributed by atoms with Gasteiger partial charge in [-0.3, -0.25) is 4.68 Å². The number of nitrogens with two attached hydrogens (primary N) is 1. The molecule has 1 aromatic rings. The van der Waals surface area contributed by atoms with Crippen LogP contribution in [0.3, 0.4) is 0 Å². The molecule has 90 valence electrons.